The molecule has 1 fully saturated rings. The van der Waals surface area contributed by atoms with Crippen LogP contribution in [-0.2, 0) is 22.8 Å². The fourth-order valence-corrected chi connectivity index (χ4v) is 4.29. The van der Waals surface area contributed by atoms with Crippen molar-refractivity contribution >= 4 is 25.6 Å². The number of morpholine rings is 1. The van der Waals surface area contributed by atoms with E-state index >= 15 is 0 Å². The Kier molecular flexibility index (Phi) is 9.08. The Morgan fingerprint density at radius 1 is 1.27 bits per heavy atom. The first-order chi connectivity index (χ1) is 15.8. The largest absolute Gasteiger partial charge is 0.483 e. The number of nitrogens with zero attached hydrogens (tertiary/aromatic N) is 3. The smallest absolute Gasteiger partial charge is 0.278 e. The number of aromatic nitrogens is 2. The van der Waals surface area contributed by atoms with E-state index in [1.807, 2.05) is 30.3 Å². The molecule has 0 saturated carbocycles. The molecule has 1 aromatic heterocycles. The van der Waals surface area contributed by atoms with Crippen molar-refractivity contribution in [2.75, 3.05) is 32.2 Å². The van der Waals surface area contributed by atoms with E-state index in [2.05, 4.69) is 24.7 Å². The predicted molar refractivity (Wildman–Crippen MR) is 130 cm³/mol. The monoisotopic (exact) mass is 493 g/mol. The van der Waals surface area contributed by atoms with Gasteiger partial charge in [0.25, 0.3) is 11.3 Å². The highest BCUT2D eigenvalue weighted by molar-refractivity contribution is 6.76. The second kappa shape index (κ2) is 11.8. The van der Waals surface area contributed by atoms with Crippen LogP contribution in [0.15, 0.2) is 41.3 Å². The molecule has 1 atom stereocenters. The van der Waals surface area contributed by atoms with Gasteiger partial charge in [0.2, 0.25) is 0 Å². The van der Waals surface area contributed by atoms with Gasteiger partial charge in [0.1, 0.15) is 13.3 Å². The summed E-state index contributed by atoms with van der Waals surface area (Å²) >= 11 is 6.03. The van der Waals surface area contributed by atoms with Crippen LogP contribution >= 0.6 is 11.6 Å². The number of halogens is 1. The highest BCUT2D eigenvalue weighted by Crippen LogP contribution is 2.14. The third-order valence-electron chi connectivity index (χ3n) is 5.26. The lowest BCUT2D eigenvalue weighted by Crippen LogP contribution is -2.51. The van der Waals surface area contributed by atoms with Crippen molar-refractivity contribution in [3.63, 3.8) is 0 Å². The zero-order chi connectivity index (χ0) is 23.8. The van der Waals surface area contributed by atoms with Gasteiger partial charge in [-0.25, -0.2) is 4.68 Å². The molecular formula is C23H32ClN3O5Si-. The molecule has 1 saturated heterocycles. The standard InChI is InChI=1S/C23H32ClN3O5Si/c1-33(2,3)12-11-31-17-26-14-20(32-15-18-7-5-4-6-8-18)22(28)21(25-26)23(29)27-9-10-30-16-19(27)13-24/h4-8,14,19H,9-13,15-17H2,1-3H3/q-1/t19-/m0/s1. The van der Waals surface area contributed by atoms with Crippen LogP contribution in [0.5, 0.6) is 5.75 Å². The van der Waals surface area contributed by atoms with E-state index in [1.54, 1.807) is 4.90 Å². The van der Waals surface area contributed by atoms with Crippen molar-refractivity contribution in [3.05, 3.63) is 58.0 Å². The number of hydrogen-bond donors (Lipinski definition) is 0. The van der Waals surface area contributed by atoms with E-state index in [0.29, 0.717) is 26.4 Å². The van der Waals surface area contributed by atoms with E-state index in [-0.39, 0.29) is 36.7 Å². The topological polar surface area (TPSA) is 82.9 Å². The molecule has 181 valence electrons. The number of carbonyl (C=O) groups excluding carboxylic acids is 1. The van der Waals surface area contributed by atoms with Crippen LogP contribution in [0.3, 0.4) is 0 Å². The van der Waals surface area contributed by atoms with Gasteiger partial charge in [-0.1, -0.05) is 30.3 Å². The van der Waals surface area contributed by atoms with Crippen LogP contribution in [0.25, 0.3) is 0 Å². The summed E-state index contributed by atoms with van der Waals surface area (Å²) in [6.07, 6.45) is 1.49. The van der Waals surface area contributed by atoms with Crippen molar-refractivity contribution in [1.82, 2.24) is 14.7 Å². The SMILES string of the molecule is C[Si-](C)(C)CCOCn1cc(OCc2ccccc2)c(=O)c(C(=O)N2CCOC[C@@H]2CCl)n1. The number of hydrogen-bond acceptors (Lipinski definition) is 6. The summed E-state index contributed by atoms with van der Waals surface area (Å²) in [5.74, 6) is -0.208. The number of amides is 1. The fraction of sp³-hybridized carbons (Fsp3) is 0.522. The van der Waals surface area contributed by atoms with E-state index < -0.39 is 19.4 Å². The molecule has 0 radical (unpaired) electrons. The molecule has 1 aliphatic heterocycles. The maximum absolute atomic E-state index is 13.3. The van der Waals surface area contributed by atoms with Crippen molar-refractivity contribution < 1.29 is 19.0 Å². The van der Waals surface area contributed by atoms with Crippen LogP contribution in [0.2, 0.25) is 25.7 Å². The van der Waals surface area contributed by atoms with Gasteiger partial charge in [-0.2, -0.15) is 24.7 Å². The molecule has 3 rings (SSSR count). The fourth-order valence-electron chi connectivity index (χ4n) is 3.28. The maximum atomic E-state index is 13.3. The molecule has 10 heteroatoms. The Balaban J connectivity index is 1.84. The summed E-state index contributed by atoms with van der Waals surface area (Å²) in [7, 11) is -1.24. The molecule has 1 aliphatic rings. The van der Waals surface area contributed by atoms with Crippen LogP contribution < -0.4 is 10.2 Å². The number of alkyl halides is 1. The Morgan fingerprint density at radius 3 is 2.73 bits per heavy atom. The third-order valence-corrected chi connectivity index (χ3v) is 7.32. The molecule has 0 unspecified atom stereocenters. The van der Waals surface area contributed by atoms with Crippen LogP contribution in [0.4, 0.5) is 0 Å². The lowest BCUT2D eigenvalue weighted by atomic mass is 10.2. The third kappa shape index (κ3) is 7.40. The minimum atomic E-state index is -1.24. The van der Waals surface area contributed by atoms with Gasteiger partial charge in [0.15, 0.2) is 11.4 Å². The normalized spacial score (nSPS) is 16.6. The number of carbonyl (C=O) groups is 1. The summed E-state index contributed by atoms with van der Waals surface area (Å²) in [4.78, 5) is 28.0. The minimum absolute atomic E-state index is 0.0571. The zero-order valence-electron chi connectivity index (χ0n) is 19.5. The van der Waals surface area contributed by atoms with Gasteiger partial charge in [-0.05, 0) is 5.56 Å². The summed E-state index contributed by atoms with van der Waals surface area (Å²) in [6.45, 7) is 8.79. The van der Waals surface area contributed by atoms with E-state index in [0.717, 1.165) is 11.6 Å². The second-order valence-electron chi connectivity index (χ2n) is 9.21. The number of rotatable bonds is 10. The second-order valence-corrected chi connectivity index (χ2v) is 15.1. The molecule has 1 aromatic carbocycles. The van der Waals surface area contributed by atoms with Gasteiger partial charge in [0.05, 0.1) is 25.5 Å². The van der Waals surface area contributed by atoms with Crippen molar-refractivity contribution in [2.45, 2.75) is 45.1 Å². The Morgan fingerprint density at radius 2 is 2.03 bits per heavy atom. The summed E-state index contributed by atoms with van der Waals surface area (Å²) < 4.78 is 18.5. The molecule has 1 amide bonds. The molecule has 2 heterocycles. The van der Waals surface area contributed by atoms with Gasteiger partial charge >= 0.3 is 0 Å². The molecule has 8 nitrogen and oxygen atoms in total. The first-order valence-electron chi connectivity index (χ1n) is 11.1. The van der Waals surface area contributed by atoms with Gasteiger partial charge in [0, 0.05) is 19.0 Å². The molecule has 33 heavy (non-hydrogen) atoms. The molecule has 2 aromatic rings. The zero-order valence-corrected chi connectivity index (χ0v) is 21.2. The molecular weight excluding hydrogens is 462 g/mol. The van der Waals surface area contributed by atoms with Gasteiger partial charge in [-0.3, -0.25) is 9.59 Å². The van der Waals surface area contributed by atoms with Gasteiger partial charge < -0.3 is 19.1 Å². The van der Waals surface area contributed by atoms with Crippen molar-refractivity contribution in [2.24, 2.45) is 0 Å². The van der Waals surface area contributed by atoms with E-state index in [4.69, 9.17) is 25.8 Å². The average Bonchev–Trinajstić information content (AvgIpc) is 2.81. The first-order valence-corrected chi connectivity index (χ1v) is 15.3. The van der Waals surface area contributed by atoms with E-state index in [9.17, 15) is 9.59 Å². The minimum Gasteiger partial charge on any atom is -0.483 e. The Hall–Kier alpha value is -2.20. The molecule has 0 N–H and O–H groups in total. The van der Waals surface area contributed by atoms with Crippen molar-refractivity contribution in [3.8, 4) is 5.75 Å². The van der Waals surface area contributed by atoms with Gasteiger partial charge in [-0.15, -0.1) is 25.7 Å². The summed E-state index contributed by atoms with van der Waals surface area (Å²) in [5, 5.41) is 4.30. The Labute approximate surface area is 200 Å². The highest BCUT2D eigenvalue weighted by atomic mass is 35.5. The number of benzene rings is 1. The molecule has 0 bridgehead atoms. The molecule has 0 aliphatic carbocycles. The average molecular weight is 494 g/mol. The quantitative estimate of drug-likeness (QED) is 0.287. The van der Waals surface area contributed by atoms with Crippen LogP contribution in [-0.4, -0.2) is 66.9 Å². The number of ether oxygens (including phenoxy) is 3. The first kappa shape index (κ1) is 25.4. The van der Waals surface area contributed by atoms with Crippen LogP contribution in [0, 0.1) is 0 Å². The Bertz CT molecular complexity index is 980. The lowest BCUT2D eigenvalue weighted by molar-refractivity contribution is 0.00376. The summed E-state index contributed by atoms with van der Waals surface area (Å²) in [6, 6.07) is 10.2. The lowest BCUT2D eigenvalue weighted by Gasteiger charge is -2.34. The molecule has 0 spiro atoms. The van der Waals surface area contributed by atoms with Crippen LogP contribution in [0.1, 0.15) is 16.1 Å². The highest BCUT2D eigenvalue weighted by Gasteiger charge is 2.31. The van der Waals surface area contributed by atoms with Crippen molar-refractivity contribution in [1.29, 1.82) is 0 Å². The van der Waals surface area contributed by atoms with E-state index in [1.165, 1.54) is 10.9 Å². The predicted octanol–water partition coefficient (Wildman–Crippen LogP) is 3.21. The maximum Gasteiger partial charge on any atom is 0.278 e. The summed E-state index contributed by atoms with van der Waals surface area (Å²) in [5.41, 5.74) is 0.162.